The van der Waals surface area contributed by atoms with E-state index in [1.54, 1.807) is 14.0 Å². The van der Waals surface area contributed by atoms with E-state index in [1.165, 1.54) is 4.90 Å². The van der Waals surface area contributed by atoms with Gasteiger partial charge in [0.05, 0.1) is 0 Å². The molecule has 0 aromatic rings. The van der Waals surface area contributed by atoms with E-state index >= 15 is 0 Å². The molecule has 4 amide bonds. The molecule has 2 unspecified atom stereocenters. The molecule has 8 heteroatoms. The lowest BCUT2D eigenvalue weighted by molar-refractivity contribution is -0.143. The van der Waals surface area contributed by atoms with E-state index in [0.29, 0.717) is 19.4 Å². The molecule has 1 spiro atoms. The molecule has 2 fully saturated rings. The zero-order valence-electron chi connectivity index (χ0n) is 13.3. The second kappa shape index (κ2) is 6.83. The number of imide groups is 1. The molecule has 0 radical (unpaired) electrons. The van der Waals surface area contributed by atoms with Gasteiger partial charge in [0.2, 0.25) is 5.91 Å². The number of nitrogens with zero attached hydrogens (tertiary/aromatic N) is 2. The molecular weight excluding hydrogens is 308 g/mol. The molecule has 2 atom stereocenters. The van der Waals surface area contributed by atoms with Crippen molar-refractivity contribution in [2.24, 2.45) is 5.73 Å². The second-order valence-electron chi connectivity index (χ2n) is 6.10. The molecule has 1 heterocycles. The molecule has 2 aliphatic rings. The highest BCUT2D eigenvalue weighted by molar-refractivity contribution is 6.09. The highest BCUT2D eigenvalue weighted by Gasteiger charge is 2.54. The fraction of sp³-hybridized carbons (Fsp3) is 0.786. The summed E-state index contributed by atoms with van der Waals surface area (Å²) in [7, 11) is 1.64. The molecular formula is C14H25ClN4O3. The maximum Gasteiger partial charge on any atom is 0.325 e. The van der Waals surface area contributed by atoms with Gasteiger partial charge < -0.3 is 16.0 Å². The van der Waals surface area contributed by atoms with Gasteiger partial charge in [-0.05, 0) is 26.7 Å². The summed E-state index contributed by atoms with van der Waals surface area (Å²) in [6.45, 7) is 3.75. The third-order valence-electron chi connectivity index (χ3n) is 4.74. The molecule has 2 rings (SSSR count). The summed E-state index contributed by atoms with van der Waals surface area (Å²) in [5.41, 5.74) is 4.79. The number of amides is 4. The van der Waals surface area contributed by atoms with Crippen molar-refractivity contribution in [3.05, 3.63) is 0 Å². The number of urea groups is 1. The maximum absolute atomic E-state index is 12.6. The Morgan fingerprint density at radius 3 is 2.41 bits per heavy atom. The normalized spacial score (nSPS) is 22.3. The van der Waals surface area contributed by atoms with Crippen molar-refractivity contribution in [3.8, 4) is 0 Å². The number of carbonyl (C=O) groups is 3. The first kappa shape index (κ1) is 18.7. The van der Waals surface area contributed by atoms with Crippen LogP contribution in [0.25, 0.3) is 0 Å². The topological polar surface area (TPSA) is 95.7 Å². The number of hydrogen-bond acceptors (Lipinski definition) is 4. The van der Waals surface area contributed by atoms with Gasteiger partial charge in [-0.3, -0.25) is 9.59 Å². The van der Waals surface area contributed by atoms with E-state index in [1.807, 2.05) is 6.92 Å². The van der Waals surface area contributed by atoms with Gasteiger partial charge in [0.25, 0.3) is 5.91 Å². The lowest BCUT2D eigenvalue weighted by atomic mass is 9.97. The average molecular weight is 333 g/mol. The molecule has 0 aromatic heterocycles. The van der Waals surface area contributed by atoms with Gasteiger partial charge in [-0.1, -0.05) is 12.8 Å². The minimum atomic E-state index is -0.809. The lowest BCUT2D eigenvalue weighted by Crippen LogP contribution is -2.52. The van der Waals surface area contributed by atoms with Crippen LogP contribution in [-0.4, -0.2) is 58.9 Å². The van der Waals surface area contributed by atoms with Crippen LogP contribution in [-0.2, 0) is 9.59 Å². The van der Waals surface area contributed by atoms with Crippen molar-refractivity contribution in [3.63, 3.8) is 0 Å². The summed E-state index contributed by atoms with van der Waals surface area (Å²) < 4.78 is 0. The van der Waals surface area contributed by atoms with Crippen molar-refractivity contribution in [2.45, 2.75) is 57.2 Å². The molecule has 1 aliphatic carbocycles. The van der Waals surface area contributed by atoms with Gasteiger partial charge >= 0.3 is 6.03 Å². The number of halogens is 1. The quantitative estimate of drug-likeness (QED) is 0.731. The second-order valence-corrected chi connectivity index (χ2v) is 6.10. The zero-order valence-corrected chi connectivity index (χ0v) is 14.1. The zero-order chi connectivity index (χ0) is 15.8. The van der Waals surface area contributed by atoms with Crippen LogP contribution in [0.4, 0.5) is 4.79 Å². The third-order valence-corrected chi connectivity index (χ3v) is 4.74. The number of hydrogen-bond donors (Lipinski definition) is 2. The van der Waals surface area contributed by atoms with Gasteiger partial charge in [0, 0.05) is 19.6 Å². The molecule has 22 heavy (non-hydrogen) atoms. The minimum Gasteiger partial charge on any atom is -0.340 e. The van der Waals surface area contributed by atoms with E-state index in [9.17, 15) is 14.4 Å². The summed E-state index contributed by atoms with van der Waals surface area (Å²) in [5, 5.41) is 2.79. The summed E-state index contributed by atoms with van der Waals surface area (Å²) >= 11 is 0. The van der Waals surface area contributed by atoms with Crippen LogP contribution in [0, 0.1) is 0 Å². The molecule has 0 bridgehead atoms. The van der Waals surface area contributed by atoms with Crippen LogP contribution in [0.15, 0.2) is 0 Å². The molecule has 3 N–H and O–H groups in total. The Hall–Kier alpha value is -1.34. The Bertz CT molecular complexity index is 465. The average Bonchev–Trinajstić information content (AvgIpc) is 3.02. The molecule has 1 saturated heterocycles. The summed E-state index contributed by atoms with van der Waals surface area (Å²) in [6.07, 6.45) is 3.16. The van der Waals surface area contributed by atoms with Gasteiger partial charge in [-0.2, -0.15) is 0 Å². The van der Waals surface area contributed by atoms with E-state index in [4.69, 9.17) is 5.73 Å². The first-order valence-electron chi connectivity index (χ1n) is 7.46. The molecule has 1 aliphatic heterocycles. The van der Waals surface area contributed by atoms with Gasteiger partial charge in [0.1, 0.15) is 11.6 Å². The highest BCUT2D eigenvalue weighted by atomic mass is 35.5. The SMILES string of the molecule is CC(CN)N(C)C(=O)C(C)N1C(=O)NC2(CCCC2)C1=O.Cl. The highest BCUT2D eigenvalue weighted by Crippen LogP contribution is 2.35. The third kappa shape index (κ3) is 2.92. The van der Waals surface area contributed by atoms with Crippen LogP contribution in [0.5, 0.6) is 0 Å². The fourth-order valence-corrected chi connectivity index (χ4v) is 3.09. The Kier molecular flexibility index (Phi) is 5.81. The Labute approximate surface area is 137 Å². The van der Waals surface area contributed by atoms with Crippen molar-refractivity contribution < 1.29 is 14.4 Å². The predicted octanol–water partition coefficient (Wildman–Crippen LogP) is 0.467. The van der Waals surface area contributed by atoms with E-state index in [2.05, 4.69) is 5.32 Å². The van der Waals surface area contributed by atoms with Crippen molar-refractivity contribution in [1.29, 1.82) is 0 Å². The van der Waals surface area contributed by atoms with Crippen molar-refractivity contribution in [1.82, 2.24) is 15.1 Å². The van der Waals surface area contributed by atoms with Crippen molar-refractivity contribution >= 4 is 30.3 Å². The maximum atomic E-state index is 12.6. The fourth-order valence-electron chi connectivity index (χ4n) is 3.09. The van der Waals surface area contributed by atoms with E-state index in [-0.39, 0.29) is 30.3 Å². The minimum absolute atomic E-state index is 0. The first-order valence-corrected chi connectivity index (χ1v) is 7.46. The number of carbonyl (C=O) groups excluding carboxylic acids is 3. The Balaban J connectivity index is 0.00000242. The molecule has 7 nitrogen and oxygen atoms in total. The van der Waals surface area contributed by atoms with Crippen LogP contribution >= 0.6 is 12.4 Å². The van der Waals surface area contributed by atoms with E-state index < -0.39 is 17.6 Å². The van der Waals surface area contributed by atoms with Crippen LogP contribution in [0.3, 0.4) is 0 Å². The van der Waals surface area contributed by atoms with E-state index in [0.717, 1.165) is 17.7 Å². The van der Waals surface area contributed by atoms with Gasteiger partial charge in [0.15, 0.2) is 0 Å². The Morgan fingerprint density at radius 1 is 1.36 bits per heavy atom. The monoisotopic (exact) mass is 332 g/mol. The van der Waals surface area contributed by atoms with Crippen LogP contribution < -0.4 is 11.1 Å². The molecule has 126 valence electrons. The van der Waals surface area contributed by atoms with Crippen molar-refractivity contribution in [2.75, 3.05) is 13.6 Å². The summed E-state index contributed by atoms with van der Waals surface area (Å²) in [6, 6.07) is -1.41. The lowest BCUT2D eigenvalue weighted by Gasteiger charge is -2.30. The smallest absolute Gasteiger partial charge is 0.325 e. The summed E-state index contributed by atoms with van der Waals surface area (Å²) in [4.78, 5) is 39.7. The number of nitrogens with one attached hydrogen (secondary N) is 1. The van der Waals surface area contributed by atoms with Crippen LogP contribution in [0.1, 0.15) is 39.5 Å². The molecule has 1 saturated carbocycles. The van der Waals surface area contributed by atoms with Crippen LogP contribution in [0.2, 0.25) is 0 Å². The standard InChI is InChI=1S/C14H24N4O3.ClH/c1-9(8-15)17(3)11(19)10(2)18-12(20)14(16-13(18)21)6-4-5-7-14;/h9-10H,4-8,15H2,1-3H3,(H,16,21);1H. The first-order chi connectivity index (χ1) is 9.84. The van der Waals surface area contributed by atoms with Gasteiger partial charge in [-0.25, -0.2) is 9.69 Å². The predicted molar refractivity (Wildman–Crippen MR) is 84.6 cm³/mol. The number of likely N-dealkylation sites (N-methyl/N-ethyl adjacent to an activating group) is 1. The number of nitrogens with two attached hydrogens (primary N) is 1. The number of rotatable bonds is 4. The molecule has 0 aromatic carbocycles. The largest absolute Gasteiger partial charge is 0.340 e. The van der Waals surface area contributed by atoms with Gasteiger partial charge in [-0.15, -0.1) is 12.4 Å². The Morgan fingerprint density at radius 2 is 1.91 bits per heavy atom. The summed E-state index contributed by atoms with van der Waals surface area (Å²) in [5.74, 6) is -0.536.